The van der Waals surface area contributed by atoms with Crippen LogP contribution in [0.15, 0.2) is 65.4 Å². The van der Waals surface area contributed by atoms with Crippen LogP contribution in [0.1, 0.15) is 148 Å². The first-order valence-corrected chi connectivity index (χ1v) is 31.3. The first-order chi connectivity index (χ1) is 41.5. The average Bonchev–Trinajstić information content (AvgIpc) is 1.51. The summed E-state index contributed by atoms with van der Waals surface area (Å²) in [5, 5.41) is 24.9. The lowest BCUT2D eigenvalue weighted by Gasteiger charge is -2.35. The second kappa shape index (κ2) is 25.9. The number of carbonyl (C=O) groups excluding carboxylic acids is 4. The number of hydrogen-bond donors (Lipinski definition) is 5. The van der Waals surface area contributed by atoms with Crippen molar-refractivity contribution >= 4 is 63.1 Å². The Morgan fingerprint density at radius 2 is 1.69 bits per heavy atom. The van der Waals surface area contributed by atoms with Crippen molar-refractivity contribution in [3.63, 3.8) is 0 Å². The number of alkyl carbamates (subject to hydrolysis) is 1. The molecule has 86 heavy (non-hydrogen) atoms. The van der Waals surface area contributed by atoms with Gasteiger partial charge in [-0.1, -0.05) is 77.3 Å². The van der Waals surface area contributed by atoms with Crippen LogP contribution in [0.25, 0.3) is 38.5 Å². The van der Waals surface area contributed by atoms with Gasteiger partial charge in [0, 0.05) is 87.4 Å². The van der Waals surface area contributed by atoms with Gasteiger partial charge in [0.05, 0.1) is 10.9 Å². The molecule has 5 aromatic rings. The Morgan fingerprint density at radius 1 is 0.907 bits per heavy atom. The number of benzene rings is 3. The summed E-state index contributed by atoms with van der Waals surface area (Å²) in [7, 11) is 0. The summed E-state index contributed by atoms with van der Waals surface area (Å²) >= 11 is 0. The van der Waals surface area contributed by atoms with E-state index >= 15 is 8.78 Å². The molecule has 6 aliphatic rings. The molecule has 4 amide bonds. The molecule has 6 aliphatic heterocycles. The number of halogens is 2. The van der Waals surface area contributed by atoms with Gasteiger partial charge in [-0.15, -0.1) is 0 Å². The summed E-state index contributed by atoms with van der Waals surface area (Å²) in [4.78, 5) is 78.8. The highest BCUT2D eigenvalue weighted by molar-refractivity contribution is 6.02. The number of carbonyl (C=O) groups is 4. The summed E-state index contributed by atoms with van der Waals surface area (Å²) in [5.74, 6) is -1.29. The smallest absolute Gasteiger partial charge is 0.407 e. The molecule has 8 heterocycles. The number of allylic oxidation sites excluding steroid dienone is 2. The van der Waals surface area contributed by atoms with E-state index in [1.165, 1.54) is 17.7 Å². The fourth-order valence-corrected chi connectivity index (χ4v) is 14.2. The van der Waals surface area contributed by atoms with Crippen LogP contribution in [0.2, 0.25) is 0 Å². The van der Waals surface area contributed by atoms with Crippen molar-refractivity contribution in [3.05, 3.63) is 88.7 Å². The van der Waals surface area contributed by atoms with Crippen molar-refractivity contribution in [1.29, 1.82) is 0 Å². The lowest BCUT2D eigenvalue weighted by Crippen LogP contribution is -2.57. The zero-order valence-electron chi connectivity index (χ0n) is 50.4. The predicted molar refractivity (Wildman–Crippen MR) is 328 cm³/mol. The molecule has 18 nitrogen and oxygen atoms in total. The summed E-state index contributed by atoms with van der Waals surface area (Å²) in [6, 6.07) is 13.2. The maximum absolute atomic E-state index is 17.3. The quantitative estimate of drug-likeness (QED) is 0.0409. The van der Waals surface area contributed by atoms with Crippen molar-refractivity contribution in [2.24, 2.45) is 10.4 Å². The molecule has 3 aromatic carbocycles. The second-order valence-corrected chi connectivity index (χ2v) is 25.6. The standard InChI is InChI=1S/C66H83F2N11O7/c1-6-48-52(67)23-20-43-32-47(80)33-50(55(43)48)57-56(68)58-51(35-71-57)60(77-36-44-21-22-45(37-77)73-44)76-63(75-58)86-39-66-26-13-31-79(66)46(24-27-66)38-85-64(84)70-28-11-9-7-8-10-15-54(81)74-59(65(3,4)5)62(83)78-30-12-14-53(78)61(82)72-34-41-16-18-42(19-17-41)49-25-29-69-40(49)2/h16-20,23,29,32-33,35,44-46,53,59,73,80H,6-15,21-22,24-28,30-31,34,36-39H2,1-5H3,(H,70,84)(H,72,82)(H,74,81)/t44?,45?,46?,53-,59?,66?/m0/s1. The number of fused-ring (bicyclic) bond motifs is 5. The summed E-state index contributed by atoms with van der Waals surface area (Å²) in [5.41, 5.74) is 4.06. The number of phenolic OH excluding ortho intramolecular Hbond substituents is 1. The molecule has 0 aliphatic carbocycles. The number of rotatable bonds is 22. The number of ether oxygens (including phenoxy) is 2. The number of unbranched alkanes of at least 4 members (excludes halogenated alkanes) is 4. The highest BCUT2D eigenvalue weighted by Gasteiger charge is 2.50. The number of phenols is 1. The predicted octanol–water partition coefficient (Wildman–Crippen LogP) is 9.82. The van der Waals surface area contributed by atoms with Gasteiger partial charge >= 0.3 is 12.1 Å². The molecule has 2 bridgehead atoms. The van der Waals surface area contributed by atoms with Crippen molar-refractivity contribution < 1.29 is 42.5 Å². The van der Waals surface area contributed by atoms with Crippen molar-refractivity contribution in [3.8, 4) is 23.0 Å². The summed E-state index contributed by atoms with van der Waals surface area (Å²) in [6.07, 6.45) is 15.2. The number of aromatic hydroxyl groups is 1. The molecule has 0 radical (unpaired) electrons. The van der Waals surface area contributed by atoms with E-state index in [-0.39, 0.29) is 89.6 Å². The number of nitrogens with zero attached hydrogens (tertiary/aromatic N) is 7. The Bertz CT molecular complexity index is 3410. The molecule has 20 heteroatoms. The van der Waals surface area contributed by atoms with Gasteiger partial charge in [0.15, 0.2) is 5.82 Å². The molecular weight excluding hydrogens is 1100 g/mol. The molecule has 5 N–H and O–H groups in total. The van der Waals surface area contributed by atoms with Crippen LogP contribution >= 0.6 is 0 Å². The van der Waals surface area contributed by atoms with Crippen molar-refractivity contribution in [2.75, 3.05) is 50.8 Å². The molecule has 5 fully saturated rings. The number of piperazine rings is 1. The SMILES string of the molecule is CCc1c(F)ccc2cc(O)cc(-c3ncc4c(N5CC6CCC(C5)N6)nc(OCC56CCCN5C(COC(=O)NCCCCCCCC(=O)NC(C(=O)N5CCC[C@H]5C(=O)NCc5ccc(C7=C(C)N=CC7)cc5)C(C)(C)C)CC6)nc4c3F)c12. The van der Waals surface area contributed by atoms with E-state index in [1.807, 2.05) is 53.0 Å². The highest BCUT2D eigenvalue weighted by Crippen LogP contribution is 2.44. The molecular formula is C66H83F2N11O7. The largest absolute Gasteiger partial charge is 0.508 e. The van der Waals surface area contributed by atoms with Gasteiger partial charge in [-0.05, 0) is 141 Å². The zero-order chi connectivity index (χ0) is 60.3. The Labute approximate surface area is 502 Å². The fraction of sp³-hybridized carbons (Fsp3) is 0.545. The van der Waals surface area contributed by atoms with Gasteiger partial charge in [-0.3, -0.25) is 29.3 Å². The third-order valence-corrected chi connectivity index (χ3v) is 18.7. The Balaban J connectivity index is 0.625. The van der Waals surface area contributed by atoms with Gasteiger partial charge in [0.1, 0.15) is 53.9 Å². The number of likely N-dealkylation sites (tertiary alicyclic amines) is 1. The third kappa shape index (κ3) is 13.0. The van der Waals surface area contributed by atoms with E-state index in [2.05, 4.69) is 53.2 Å². The summed E-state index contributed by atoms with van der Waals surface area (Å²) in [6.45, 7) is 13.6. The lowest BCUT2D eigenvalue weighted by atomic mass is 9.85. The first-order valence-electron chi connectivity index (χ1n) is 31.3. The van der Waals surface area contributed by atoms with Crippen molar-refractivity contribution in [1.82, 2.24) is 46.0 Å². The van der Waals surface area contributed by atoms with Gasteiger partial charge in [-0.2, -0.15) is 9.97 Å². The van der Waals surface area contributed by atoms with Crippen molar-refractivity contribution in [2.45, 2.75) is 180 Å². The number of anilines is 1. The first kappa shape index (κ1) is 60.4. The zero-order valence-corrected chi connectivity index (χ0v) is 50.4. The van der Waals surface area contributed by atoms with E-state index in [4.69, 9.17) is 19.4 Å². The number of aromatic nitrogens is 3. The maximum Gasteiger partial charge on any atom is 0.407 e. The minimum Gasteiger partial charge on any atom is -0.508 e. The molecule has 11 rings (SSSR count). The van der Waals surface area contributed by atoms with Gasteiger partial charge in [0.25, 0.3) is 0 Å². The Morgan fingerprint density at radius 3 is 2.44 bits per heavy atom. The van der Waals surface area contributed by atoms with E-state index in [9.17, 15) is 24.3 Å². The summed E-state index contributed by atoms with van der Waals surface area (Å²) < 4.78 is 44.9. The number of pyridine rings is 1. The molecule has 5 unspecified atom stereocenters. The number of hydrogen-bond acceptors (Lipinski definition) is 14. The monoisotopic (exact) mass is 1180 g/mol. The van der Waals surface area contributed by atoms with Crippen LogP contribution in [0, 0.1) is 17.0 Å². The van der Waals surface area contributed by atoms with Crippen LogP contribution in [-0.2, 0) is 32.1 Å². The van der Waals surface area contributed by atoms with Crippen LogP contribution in [0.5, 0.6) is 11.8 Å². The molecule has 0 saturated carbocycles. The maximum atomic E-state index is 17.3. The molecule has 5 saturated heterocycles. The van der Waals surface area contributed by atoms with Gasteiger partial charge in [-0.25, -0.2) is 13.6 Å². The second-order valence-electron chi connectivity index (χ2n) is 25.6. The molecule has 6 atom stereocenters. The number of aliphatic imine (C=N–C) groups is 1. The number of aryl methyl sites for hydroxylation is 1. The van der Waals surface area contributed by atoms with Crippen LogP contribution in [0.3, 0.4) is 0 Å². The average molecular weight is 1180 g/mol. The lowest BCUT2D eigenvalue weighted by molar-refractivity contribution is -0.143. The third-order valence-electron chi connectivity index (χ3n) is 18.7. The van der Waals surface area contributed by atoms with E-state index < -0.39 is 35.2 Å². The molecule has 458 valence electrons. The van der Waals surface area contributed by atoms with Gasteiger partial charge in [0.2, 0.25) is 17.7 Å². The Hall–Kier alpha value is -7.32. The topological polar surface area (TPSA) is 216 Å². The van der Waals surface area contributed by atoms with Crippen LogP contribution in [-0.4, -0.2) is 142 Å². The molecule has 2 aromatic heterocycles. The fourth-order valence-electron chi connectivity index (χ4n) is 14.2. The van der Waals surface area contributed by atoms with E-state index in [0.717, 1.165) is 94.0 Å². The van der Waals surface area contributed by atoms with E-state index in [0.29, 0.717) is 85.9 Å². The minimum absolute atomic E-state index is 0.00439. The van der Waals surface area contributed by atoms with E-state index in [1.54, 1.807) is 23.2 Å². The Kier molecular flexibility index (Phi) is 18.2. The van der Waals surface area contributed by atoms with Gasteiger partial charge < -0.3 is 45.6 Å². The highest BCUT2D eigenvalue weighted by atomic mass is 19.1. The van der Waals surface area contributed by atoms with Crippen LogP contribution < -0.4 is 30.9 Å². The minimum atomic E-state index is -0.781. The number of amides is 4. The molecule has 0 spiro atoms. The number of nitrogens with one attached hydrogen (secondary N) is 4. The van der Waals surface area contributed by atoms with Crippen LogP contribution in [0.4, 0.5) is 19.4 Å². The normalized spacial score (nSPS) is 22.3.